The Labute approximate surface area is 296 Å². The molecule has 1 saturated heterocycles. The van der Waals surface area contributed by atoms with Crippen molar-refractivity contribution in [3.8, 4) is 0 Å². The number of likely N-dealkylation sites (tertiary alicyclic amines) is 1. The van der Waals surface area contributed by atoms with E-state index in [-0.39, 0.29) is 24.2 Å². The predicted molar refractivity (Wildman–Crippen MR) is 177 cm³/mol. The van der Waals surface area contributed by atoms with E-state index in [4.69, 9.17) is 28.4 Å². The summed E-state index contributed by atoms with van der Waals surface area (Å²) in [4.78, 5) is 30.4. The van der Waals surface area contributed by atoms with Crippen LogP contribution in [0.2, 0.25) is 0 Å². The lowest BCUT2D eigenvalue weighted by Gasteiger charge is -2.72. The summed E-state index contributed by atoms with van der Waals surface area (Å²) in [5, 5.41) is 51.8. The first-order valence-electron chi connectivity index (χ1n) is 17.5. The van der Waals surface area contributed by atoms with Crippen molar-refractivity contribution >= 4 is 11.9 Å². The molecule has 4 N–H and O–H groups in total. The van der Waals surface area contributed by atoms with Crippen molar-refractivity contribution in [2.45, 2.75) is 72.3 Å². The van der Waals surface area contributed by atoms with Crippen LogP contribution in [0.15, 0.2) is 60.7 Å². The lowest BCUT2D eigenvalue weighted by molar-refractivity contribution is -0.351. The molecule has 276 valence electrons. The van der Waals surface area contributed by atoms with Crippen LogP contribution in [0.25, 0.3) is 0 Å². The number of carbonyl (C=O) groups is 2. The Bertz CT molecular complexity index is 1680. The Morgan fingerprint density at radius 3 is 2.04 bits per heavy atom. The molecule has 1 aliphatic heterocycles. The first kappa shape index (κ1) is 35.1. The minimum Gasteiger partial charge on any atom is -0.455 e. The maximum atomic E-state index is 14.4. The normalized spacial score (nSPS) is 47.5. The van der Waals surface area contributed by atoms with Gasteiger partial charge in [-0.25, -0.2) is 9.59 Å². The molecule has 8 rings (SSSR count). The summed E-state index contributed by atoms with van der Waals surface area (Å²) in [5.74, 6) is -4.57. The zero-order valence-electron chi connectivity index (χ0n) is 29.4. The summed E-state index contributed by atoms with van der Waals surface area (Å²) >= 11 is 0. The van der Waals surface area contributed by atoms with Crippen molar-refractivity contribution in [1.82, 2.24) is 4.90 Å². The Balaban J connectivity index is 1.44. The number of fused-ring (bicyclic) bond motifs is 2. The van der Waals surface area contributed by atoms with E-state index in [1.807, 2.05) is 11.9 Å². The van der Waals surface area contributed by atoms with Gasteiger partial charge in [0.15, 0.2) is 5.60 Å². The third-order valence-corrected chi connectivity index (χ3v) is 13.9. The lowest BCUT2D eigenvalue weighted by Crippen LogP contribution is -2.85. The monoisotopic (exact) mass is 709 g/mol. The van der Waals surface area contributed by atoms with E-state index in [0.29, 0.717) is 6.54 Å². The van der Waals surface area contributed by atoms with E-state index >= 15 is 0 Å². The first-order valence-corrected chi connectivity index (χ1v) is 17.5. The Morgan fingerprint density at radius 1 is 0.843 bits per heavy atom. The second kappa shape index (κ2) is 11.8. The minimum absolute atomic E-state index is 0.0954. The topological polar surface area (TPSA) is 174 Å². The maximum Gasteiger partial charge on any atom is 0.338 e. The van der Waals surface area contributed by atoms with Gasteiger partial charge in [0.1, 0.15) is 23.9 Å². The van der Waals surface area contributed by atoms with Crippen molar-refractivity contribution in [1.29, 1.82) is 0 Å². The number of hydrogen-bond donors (Lipinski definition) is 4. The van der Waals surface area contributed by atoms with Crippen molar-refractivity contribution in [3.63, 3.8) is 0 Å². The molecule has 13 nitrogen and oxygen atoms in total. The van der Waals surface area contributed by atoms with E-state index in [0.717, 1.165) is 0 Å². The van der Waals surface area contributed by atoms with Gasteiger partial charge in [-0.15, -0.1) is 0 Å². The van der Waals surface area contributed by atoms with Crippen LogP contribution in [0.4, 0.5) is 0 Å². The summed E-state index contributed by atoms with van der Waals surface area (Å²) in [6, 6.07) is 15.9. The summed E-state index contributed by atoms with van der Waals surface area (Å²) in [7, 11) is 7.79. The van der Waals surface area contributed by atoms with Gasteiger partial charge in [0.2, 0.25) is 0 Å². The van der Waals surface area contributed by atoms with E-state index in [2.05, 4.69) is 0 Å². The number of methoxy groups -OCH3 is 4. The molecule has 15 atom stereocenters. The van der Waals surface area contributed by atoms with Crippen LogP contribution in [0.1, 0.15) is 33.6 Å². The van der Waals surface area contributed by atoms with E-state index in [9.17, 15) is 30.0 Å². The van der Waals surface area contributed by atoms with Gasteiger partial charge in [0.25, 0.3) is 0 Å². The van der Waals surface area contributed by atoms with Crippen LogP contribution < -0.4 is 0 Å². The molecule has 13 heteroatoms. The largest absolute Gasteiger partial charge is 0.455 e. The van der Waals surface area contributed by atoms with Crippen molar-refractivity contribution < 1.29 is 58.4 Å². The standard InChI is InChI=1S/C38H47NO12/c1-39-18-34(19-46-2)22(40)16-23(47-3)37-26(34)25(48-4)24(28(37)39)38(51-33(43)21-14-10-7-11-15-21)27-30(50-32(42)20-12-8-6-9-13-20)35(44,17-36(27,37)45)31(49-5)29(38)41/h6-15,22-31,40-41,44-45H,16-19H2,1-5H3/t22-,23+,24+,25+,26-,27+,28?,29+,30-,31+,34+,35-,36+,37-,38+/m1/s1. The van der Waals surface area contributed by atoms with Crippen molar-refractivity contribution in [2.24, 2.45) is 28.6 Å². The van der Waals surface area contributed by atoms with Gasteiger partial charge in [-0.1, -0.05) is 36.4 Å². The molecule has 7 bridgehead atoms. The summed E-state index contributed by atoms with van der Waals surface area (Å²) in [6.45, 7) is 0.425. The molecule has 5 saturated carbocycles. The number of nitrogens with zero attached hydrogens (tertiary/aromatic N) is 1. The van der Waals surface area contributed by atoms with Gasteiger partial charge in [-0.05, 0) is 31.3 Å². The molecule has 1 heterocycles. The Kier molecular flexibility index (Phi) is 8.09. The zero-order chi connectivity index (χ0) is 36.3. The highest BCUT2D eigenvalue weighted by Gasteiger charge is 2.96. The molecule has 51 heavy (non-hydrogen) atoms. The quantitative estimate of drug-likeness (QED) is 0.268. The summed E-state index contributed by atoms with van der Waals surface area (Å²) in [5.41, 5.74) is -8.25. The van der Waals surface area contributed by atoms with E-state index < -0.39 is 106 Å². The molecule has 6 aliphatic rings. The number of rotatable bonds is 9. The molecule has 1 unspecified atom stereocenters. The van der Waals surface area contributed by atoms with Crippen molar-refractivity contribution in [2.75, 3.05) is 48.6 Å². The third-order valence-electron chi connectivity index (χ3n) is 13.9. The molecule has 0 aromatic heterocycles. The van der Waals surface area contributed by atoms with Crippen LogP contribution >= 0.6 is 0 Å². The second-order valence-corrected chi connectivity index (χ2v) is 15.6. The molecular weight excluding hydrogens is 662 g/mol. The minimum atomic E-state index is -2.16. The summed E-state index contributed by atoms with van der Waals surface area (Å²) in [6.07, 6.45) is -7.69. The SMILES string of the molecule is COC[C@]12CN(C)C3[C@@H]4[C@H](OC)[C@H]1[C@@]3([C@@H](OC)C[C@H]2O)[C@]1(O)C[C@@]2(O)[C@H](OC(=O)c3ccccc3)[C@@H]1[C@]4(OC(=O)c1ccccc1)[C@@H](O)[C@@H]2OC. The van der Waals surface area contributed by atoms with E-state index in [1.165, 1.54) is 21.3 Å². The smallest absolute Gasteiger partial charge is 0.338 e. The highest BCUT2D eigenvalue weighted by Crippen LogP contribution is 2.81. The van der Waals surface area contributed by atoms with E-state index in [1.54, 1.807) is 67.8 Å². The fraction of sp³-hybridized carbons (Fsp3) is 0.632. The first-order chi connectivity index (χ1) is 24.4. The molecule has 1 spiro atoms. The Hall–Kier alpha value is -2.98. The molecule has 2 aromatic carbocycles. The summed E-state index contributed by atoms with van der Waals surface area (Å²) < 4.78 is 37.5. The number of esters is 2. The average molecular weight is 710 g/mol. The molecule has 0 amide bonds. The average Bonchev–Trinajstić information content (AvgIpc) is 3.49. The number of benzene rings is 2. The number of aliphatic hydroxyl groups excluding tert-OH is 2. The van der Waals surface area contributed by atoms with Crippen LogP contribution in [0, 0.1) is 28.6 Å². The van der Waals surface area contributed by atoms with Gasteiger partial charge < -0.3 is 53.7 Å². The van der Waals surface area contributed by atoms with Gasteiger partial charge in [0.05, 0.1) is 47.6 Å². The number of aliphatic hydroxyl groups is 4. The van der Waals surface area contributed by atoms with Crippen molar-refractivity contribution in [3.05, 3.63) is 71.8 Å². The molecular formula is C38H47NO12. The van der Waals surface area contributed by atoms with Gasteiger partial charge in [-0.3, -0.25) is 0 Å². The highest BCUT2D eigenvalue weighted by atomic mass is 16.6. The molecule has 5 aliphatic carbocycles. The molecule has 2 aromatic rings. The molecule has 0 radical (unpaired) electrons. The third kappa shape index (κ3) is 4.02. The van der Waals surface area contributed by atoms with Gasteiger partial charge >= 0.3 is 11.9 Å². The number of hydrogen-bond acceptors (Lipinski definition) is 13. The highest BCUT2D eigenvalue weighted by molar-refractivity contribution is 5.90. The fourth-order valence-electron chi connectivity index (χ4n) is 12.8. The Morgan fingerprint density at radius 2 is 1.47 bits per heavy atom. The van der Waals surface area contributed by atoms with Gasteiger partial charge in [-0.2, -0.15) is 0 Å². The maximum absolute atomic E-state index is 14.4. The number of ether oxygens (including phenoxy) is 6. The number of piperidine rings is 1. The van der Waals surface area contributed by atoms with Crippen LogP contribution in [-0.4, -0.2) is 145 Å². The fourth-order valence-corrected chi connectivity index (χ4v) is 12.8. The van der Waals surface area contributed by atoms with Crippen LogP contribution in [-0.2, 0) is 28.4 Å². The van der Waals surface area contributed by atoms with Crippen LogP contribution in [0.3, 0.4) is 0 Å². The molecule has 6 fully saturated rings. The van der Waals surface area contributed by atoms with Gasteiger partial charge in [0, 0.05) is 76.5 Å². The van der Waals surface area contributed by atoms with Crippen LogP contribution in [0.5, 0.6) is 0 Å². The zero-order valence-corrected chi connectivity index (χ0v) is 29.4. The second-order valence-electron chi connectivity index (χ2n) is 15.6. The predicted octanol–water partition coefficient (Wildman–Crippen LogP) is 0.667. The number of carbonyl (C=O) groups excluding carboxylic acids is 2. The lowest BCUT2D eigenvalue weighted by atomic mass is 9.40.